The molecule has 0 bridgehead atoms. The first-order chi connectivity index (χ1) is 10.6. The molecule has 0 spiro atoms. The Hall–Kier alpha value is -2.10. The second-order valence-electron chi connectivity index (χ2n) is 6.13. The molecule has 4 nitrogen and oxygen atoms in total. The molecule has 0 radical (unpaired) electrons. The standard InChI is InChI=1S/C18H24N4/c1-13-8-7-9-14(2)17(13)21-18-19-15(3)12-16(20-18)22-10-5-4-6-11-22/h7-9,12H,4-6,10-11H2,1-3H3,(H,19,20,21). The van der Waals surface area contributed by atoms with Crippen LogP contribution in [0.25, 0.3) is 0 Å². The van der Waals surface area contributed by atoms with Crippen LogP contribution in [0.1, 0.15) is 36.1 Å². The van der Waals surface area contributed by atoms with Crippen molar-refractivity contribution in [1.82, 2.24) is 9.97 Å². The summed E-state index contributed by atoms with van der Waals surface area (Å²) in [5.41, 5.74) is 4.54. The smallest absolute Gasteiger partial charge is 0.229 e. The fourth-order valence-corrected chi connectivity index (χ4v) is 3.02. The van der Waals surface area contributed by atoms with E-state index in [9.17, 15) is 0 Å². The predicted molar refractivity (Wildman–Crippen MR) is 92.0 cm³/mol. The summed E-state index contributed by atoms with van der Waals surface area (Å²) >= 11 is 0. The zero-order chi connectivity index (χ0) is 15.5. The molecule has 2 heterocycles. The van der Waals surface area contributed by atoms with Crippen LogP contribution >= 0.6 is 0 Å². The van der Waals surface area contributed by atoms with E-state index in [2.05, 4.69) is 53.3 Å². The Balaban J connectivity index is 1.89. The van der Waals surface area contributed by atoms with Crippen molar-refractivity contribution in [3.8, 4) is 0 Å². The van der Waals surface area contributed by atoms with Crippen molar-refractivity contribution in [2.24, 2.45) is 0 Å². The Labute approximate surface area is 132 Å². The number of aromatic nitrogens is 2. The Morgan fingerprint density at radius 3 is 2.32 bits per heavy atom. The monoisotopic (exact) mass is 296 g/mol. The van der Waals surface area contributed by atoms with Gasteiger partial charge in [0, 0.05) is 30.5 Å². The second kappa shape index (κ2) is 6.34. The van der Waals surface area contributed by atoms with Crippen molar-refractivity contribution >= 4 is 17.5 Å². The summed E-state index contributed by atoms with van der Waals surface area (Å²) in [6.45, 7) is 8.44. The summed E-state index contributed by atoms with van der Waals surface area (Å²) in [6, 6.07) is 8.38. The number of rotatable bonds is 3. The SMILES string of the molecule is Cc1cc(N2CCCCC2)nc(Nc2c(C)cccc2C)n1. The maximum Gasteiger partial charge on any atom is 0.229 e. The summed E-state index contributed by atoms with van der Waals surface area (Å²) in [6.07, 6.45) is 3.83. The Bertz CT molecular complexity index is 640. The van der Waals surface area contributed by atoms with Gasteiger partial charge in [0.25, 0.3) is 0 Å². The third-order valence-corrected chi connectivity index (χ3v) is 4.24. The predicted octanol–water partition coefficient (Wildman–Crippen LogP) is 4.14. The van der Waals surface area contributed by atoms with Crippen LogP contribution in [0.4, 0.5) is 17.5 Å². The molecule has 0 unspecified atom stereocenters. The van der Waals surface area contributed by atoms with Crippen molar-refractivity contribution < 1.29 is 0 Å². The van der Waals surface area contributed by atoms with E-state index < -0.39 is 0 Å². The van der Waals surface area contributed by atoms with Crippen LogP contribution in [0.15, 0.2) is 24.3 Å². The maximum absolute atomic E-state index is 4.74. The number of nitrogens with zero attached hydrogens (tertiary/aromatic N) is 3. The van der Waals surface area contributed by atoms with Gasteiger partial charge in [0.1, 0.15) is 5.82 Å². The number of hydrogen-bond acceptors (Lipinski definition) is 4. The van der Waals surface area contributed by atoms with E-state index >= 15 is 0 Å². The fraction of sp³-hybridized carbons (Fsp3) is 0.444. The van der Waals surface area contributed by atoms with E-state index in [0.29, 0.717) is 5.95 Å². The molecule has 1 fully saturated rings. The highest BCUT2D eigenvalue weighted by molar-refractivity contribution is 5.63. The summed E-state index contributed by atoms with van der Waals surface area (Å²) < 4.78 is 0. The highest BCUT2D eigenvalue weighted by Crippen LogP contribution is 2.25. The minimum absolute atomic E-state index is 0.693. The molecule has 2 aromatic rings. The third kappa shape index (κ3) is 3.21. The molecule has 1 aliphatic rings. The quantitative estimate of drug-likeness (QED) is 0.924. The zero-order valence-electron chi connectivity index (χ0n) is 13.7. The van der Waals surface area contributed by atoms with Crippen LogP contribution in [-0.2, 0) is 0 Å². The van der Waals surface area contributed by atoms with Gasteiger partial charge >= 0.3 is 0 Å². The molecular formula is C18H24N4. The number of hydrogen-bond donors (Lipinski definition) is 1. The third-order valence-electron chi connectivity index (χ3n) is 4.24. The lowest BCUT2D eigenvalue weighted by Crippen LogP contribution is -2.30. The van der Waals surface area contributed by atoms with Crippen LogP contribution in [0, 0.1) is 20.8 Å². The lowest BCUT2D eigenvalue weighted by Gasteiger charge is -2.28. The van der Waals surface area contributed by atoms with Gasteiger partial charge in [-0.15, -0.1) is 0 Å². The summed E-state index contributed by atoms with van der Waals surface area (Å²) in [7, 11) is 0. The molecule has 0 atom stereocenters. The van der Waals surface area contributed by atoms with Gasteiger partial charge in [-0.25, -0.2) is 4.98 Å². The molecule has 0 aliphatic carbocycles. The zero-order valence-corrected chi connectivity index (χ0v) is 13.7. The molecule has 4 heteroatoms. The lowest BCUT2D eigenvalue weighted by molar-refractivity contribution is 0.573. The van der Waals surface area contributed by atoms with Gasteiger partial charge in [-0.05, 0) is 51.2 Å². The molecule has 0 amide bonds. The molecule has 1 aromatic heterocycles. The van der Waals surface area contributed by atoms with E-state index in [0.717, 1.165) is 30.3 Å². The van der Waals surface area contributed by atoms with Gasteiger partial charge < -0.3 is 10.2 Å². The molecule has 3 rings (SSSR count). The summed E-state index contributed by atoms with van der Waals surface area (Å²) in [4.78, 5) is 11.7. The second-order valence-corrected chi connectivity index (χ2v) is 6.13. The van der Waals surface area contributed by atoms with Gasteiger partial charge in [0.05, 0.1) is 0 Å². The molecule has 0 saturated carbocycles. The first kappa shape index (κ1) is 14.8. The topological polar surface area (TPSA) is 41.1 Å². The average Bonchev–Trinajstić information content (AvgIpc) is 2.51. The molecule has 116 valence electrons. The number of nitrogens with one attached hydrogen (secondary N) is 1. The van der Waals surface area contributed by atoms with E-state index in [1.54, 1.807) is 0 Å². The van der Waals surface area contributed by atoms with Crippen molar-refractivity contribution in [1.29, 1.82) is 0 Å². The van der Waals surface area contributed by atoms with Crippen LogP contribution < -0.4 is 10.2 Å². The number of benzene rings is 1. The number of para-hydroxylation sites is 1. The first-order valence-corrected chi connectivity index (χ1v) is 8.07. The van der Waals surface area contributed by atoms with Gasteiger partial charge in [0.15, 0.2) is 0 Å². The largest absolute Gasteiger partial charge is 0.356 e. The minimum Gasteiger partial charge on any atom is -0.356 e. The highest BCUT2D eigenvalue weighted by Gasteiger charge is 2.14. The van der Waals surface area contributed by atoms with E-state index in [-0.39, 0.29) is 0 Å². The summed E-state index contributed by atoms with van der Waals surface area (Å²) in [5, 5.41) is 3.41. The van der Waals surface area contributed by atoms with Gasteiger partial charge in [-0.1, -0.05) is 18.2 Å². The van der Waals surface area contributed by atoms with Crippen LogP contribution in [0.3, 0.4) is 0 Å². The number of anilines is 3. The van der Waals surface area contributed by atoms with Crippen LogP contribution in [0.5, 0.6) is 0 Å². The first-order valence-electron chi connectivity index (χ1n) is 8.07. The summed E-state index contributed by atoms with van der Waals surface area (Å²) in [5.74, 6) is 1.74. The molecule has 22 heavy (non-hydrogen) atoms. The Kier molecular flexibility index (Phi) is 4.27. The fourth-order valence-electron chi connectivity index (χ4n) is 3.02. The van der Waals surface area contributed by atoms with Crippen molar-refractivity contribution in [2.45, 2.75) is 40.0 Å². The maximum atomic E-state index is 4.74. The Morgan fingerprint density at radius 1 is 0.955 bits per heavy atom. The van der Waals surface area contributed by atoms with E-state index in [1.165, 1.54) is 30.4 Å². The molecule has 1 aromatic carbocycles. The normalized spacial score (nSPS) is 15.0. The van der Waals surface area contributed by atoms with Crippen molar-refractivity contribution in [3.05, 3.63) is 41.1 Å². The van der Waals surface area contributed by atoms with Gasteiger partial charge in [-0.3, -0.25) is 0 Å². The van der Waals surface area contributed by atoms with Crippen LogP contribution in [0.2, 0.25) is 0 Å². The molecule has 1 aliphatic heterocycles. The highest BCUT2D eigenvalue weighted by atomic mass is 15.2. The average molecular weight is 296 g/mol. The lowest BCUT2D eigenvalue weighted by atomic mass is 10.1. The van der Waals surface area contributed by atoms with Crippen molar-refractivity contribution in [3.63, 3.8) is 0 Å². The molecule has 1 N–H and O–H groups in total. The molecular weight excluding hydrogens is 272 g/mol. The van der Waals surface area contributed by atoms with Gasteiger partial charge in [-0.2, -0.15) is 4.98 Å². The number of piperidine rings is 1. The van der Waals surface area contributed by atoms with Crippen LogP contribution in [-0.4, -0.2) is 23.1 Å². The Morgan fingerprint density at radius 2 is 1.64 bits per heavy atom. The van der Waals surface area contributed by atoms with Gasteiger partial charge in [0.2, 0.25) is 5.95 Å². The van der Waals surface area contributed by atoms with E-state index in [4.69, 9.17) is 4.98 Å². The minimum atomic E-state index is 0.693. The molecule has 1 saturated heterocycles. The van der Waals surface area contributed by atoms with Crippen molar-refractivity contribution in [2.75, 3.05) is 23.3 Å². The number of aryl methyl sites for hydroxylation is 3. The van der Waals surface area contributed by atoms with E-state index in [1.807, 2.05) is 6.92 Å².